The van der Waals surface area contributed by atoms with Crippen LogP contribution in [0.3, 0.4) is 0 Å². The van der Waals surface area contributed by atoms with Crippen LogP contribution in [0.2, 0.25) is 0 Å². The first-order valence-electron chi connectivity index (χ1n) is 9.59. The van der Waals surface area contributed by atoms with Crippen molar-refractivity contribution in [1.82, 2.24) is 18.7 Å². The molecule has 2 aromatic carbocycles. The number of ether oxygens (including phenoxy) is 1. The zero-order valence-corrected chi connectivity index (χ0v) is 17.0. The maximum absolute atomic E-state index is 13.4. The second kappa shape index (κ2) is 8.55. The summed E-state index contributed by atoms with van der Waals surface area (Å²) in [6, 6.07) is 11.3. The van der Waals surface area contributed by atoms with Crippen molar-refractivity contribution in [3.8, 4) is 5.69 Å². The van der Waals surface area contributed by atoms with Crippen LogP contribution in [0, 0.1) is 15.9 Å². The molecular formula is C21H18FN5O5. The smallest absolute Gasteiger partial charge is 0.337 e. The molecule has 32 heavy (non-hydrogen) atoms. The number of imidazole rings is 1. The number of halogens is 1. The van der Waals surface area contributed by atoms with E-state index >= 15 is 0 Å². The van der Waals surface area contributed by atoms with Gasteiger partial charge < -0.3 is 9.30 Å². The Labute approximate surface area is 179 Å². The van der Waals surface area contributed by atoms with Gasteiger partial charge in [0.1, 0.15) is 5.82 Å². The van der Waals surface area contributed by atoms with Crippen LogP contribution in [-0.4, -0.2) is 37.3 Å². The van der Waals surface area contributed by atoms with Gasteiger partial charge in [-0.05, 0) is 29.8 Å². The van der Waals surface area contributed by atoms with Crippen LogP contribution in [0.5, 0.6) is 0 Å². The number of nitro benzene ring substituents is 1. The molecule has 11 heteroatoms. The van der Waals surface area contributed by atoms with Gasteiger partial charge in [-0.2, -0.15) is 0 Å². The number of methoxy groups -OCH3 is 1. The summed E-state index contributed by atoms with van der Waals surface area (Å²) < 4.78 is 22.3. The predicted molar refractivity (Wildman–Crippen MR) is 114 cm³/mol. The van der Waals surface area contributed by atoms with Crippen LogP contribution >= 0.6 is 0 Å². The highest BCUT2D eigenvalue weighted by molar-refractivity contribution is 5.72. The summed E-state index contributed by atoms with van der Waals surface area (Å²) in [5, 5.41) is 11.1. The number of nitrogens with zero attached hydrogens (tertiary/aromatic N) is 5. The SMILES string of the molecule is COCCn1c(=O)c2c(ncn2Cc2cccc([N+](=O)[O-])c2)n(-c2ccc(F)cc2)c1=O. The minimum atomic E-state index is -0.633. The molecule has 4 aromatic rings. The number of aromatic nitrogens is 4. The molecule has 0 amide bonds. The van der Waals surface area contributed by atoms with Crippen molar-refractivity contribution in [2.24, 2.45) is 0 Å². The first-order valence-corrected chi connectivity index (χ1v) is 9.59. The monoisotopic (exact) mass is 439 g/mol. The number of non-ortho nitro benzene ring substituents is 1. The van der Waals surface area contributed by atoms with Crippen LogP contribution in [0.15, 0.2) is 64.4 Å². The number of fused-ring (bicyclic) bond motifs is 1. The molecule has 4 rings (SSSR count). The molecule has 0 atom stereocenters. The van der Waals surface area contributed by atoms with Crippen molar-refractivity contribution in [3.63, 3.8) is 0 Å². The molecule has 0 aliphatic heterocycles. The Morgan fingerprint density at radius 1 is 1.16 bits per heavy atom. The van der Waals surface area contributed by atoms with E-state index in [2.05, 4.69) is 4.98 Å². The lowest BCUT2D eigenvalue weighted by Gasteiger charge is -2.12. The van der Waals surface area contributed by atoms with Gasteiger partial charge in [-0.25, -0.2) is 18.7 Å². The first-order chi connectivity index (χ1) is 15.4. The summed E-state index contributed by atoms with van der Waals surface area (Å²) in [4.78, 5) is 41.2. The molecule has 164 valence electrons. The van der Waals surface area contributed by atoms with E-state index in [9.17, 15) is 24.1 Å². The molecule has 0 unspecified atom stereocenters. The molecule has 0 aliphatic carbocycles. The van der Waals surface area contributed by atoms with Gasteiger partial charge in [0.25, 0.3) is 11.2 Å². The number of nitro groups is 1. The minimum Gasteiger partial charge on any atom is -0.383 e. The molecule has 0 radical (unpaired) electrons. The van der Waals surface area contributed by atoms with E-state index in [-0.39, 0.29) is 36.5 Å². The maximum Gasteiger partial charge on any atom is 0.337 e. The van der Waals surface area contributed by atoms with Crippen LogP contribution < -0.4 is 11.2 Å². The van der Waals surface area contributed by atoms with Crippen molar-refractivity contribution in [3.05, 3.63) is 97.2 Å². The van der Waals surface area contributed by atoms with Crippen molar-refractivity contribution in [2.45, 2.75) is 13.1 Å². The summed E-state index contributed by atoms with van der Waals surface area (Å²) in [6.07, 6.45) is 1.39. The Hall–Kier alpha value is -4.12. The van der Waals surface area contributed by atoms with Crippen LogP contribution in [0.1, 0.15) is 5.56 Å². The highest BCUT2D eigenvalue weighted by Crippen LogP contribution is 2.18. The van der Waals surface area contributed by atoms with Crippen LogP contribution in [0.4, 0.5) is 10.1 Å². The Bertz CT molecular complexity index is 1420. The third-order valence-corrected chi connectivity index (χ3v) is 4.98. The number of hydrogen-bond donors (Lipinski definition) is 0. The van der Waals surface area contributed by atoms with Crippen molar-refractivity contribution in [1.29, 1.82) is 0 Å². The normalized spacial score (nSPS) is 11.2. The lowest BCUT2D eigenvalue weighted by Crippen LogP contribution is -2.41. The van der Waals surface area contributed by atoms with Crippen LogP contribution in [0.25, 0.3) is 16.9 Å². The lowest BCUT2D eigenvalue weighted by atomic mass is 10.2. The zero-order valence-electron chi connectivity index (χ0n) is 17.0. The van der Waals surface area contributed by atoms with Gasteiger partial charge in [-0.15, -0.1) is 0 Å². The Morgan fingerprint density at radius 2 is 1.91 bits per heavy atom. The molecule has 0 aliphatic rings. The van der Waals surface area contributed by atoms with Gasteiger partial charge in [-0.1, -0.05) is 12.1 Å². The van der Waals surface area contributed by atoms with E-state index in [4.69, 9.17) is 4.74 Å². The van der Waals surface area contributed by atoms with E-state index in [1.165, 1.54) is 59.0 Å². The van der Waals surface area contributed by atoms with Gasteiger partial charge in [-0.3, -0.25) is 19.5 Å². The average molecular weight is 439 g/mol. The summed E-state index contributed by atoms with van der Waals surface area (Å²) in [7, 11) is 1.45. The predicted octanol–water partition coefficient (Wildman–Crippen LogP) is 2.09. The van der Waals surface area contributed by atoms with E-state index in [0.29, 0.717) is 11.3 Å². The lowest BCUT2D eigenvalue weighted by molar-refractivity contribution is -0.384. The Morgan fingerprint density at radius 3 is 2.59 bits per heavy atom. The number of benzene rings is 2. The minimum absolute atomic E-state index is 0.00723. The molecule has 2 aromatic heterocycles. The first kappa shape index (κ1) is 21.1. The Balaban J connectivity index is 1.93. The topological polar surface area (TPSA) is 114 Å². The third-order valence-electron chi connectivity index (χ3n) is 4.98. The van der Waals surface area contributed by atoms with Gasteiger partial charge in [0.05, 0.1) is 30.1 Å². The molecule has 0 fully saturated rings. The highest BCUT2D eigenvalue weighted by atomic mass is 19.1. The summed E-state index contributed by atoms with van der Waals surface area (Å²) in [5.41, 5.74) is -0.112. The third kappa shape index (κ3) is 3.81. The Kier molecular flexibility index (Phi) is 5.65. The molecule has 0 saturated heterocycles. The molecule has 0 saturated carbocycles. The standard InChI is InChI=1S/C21H18FN5O5/c1-32-10-9-25-20(28)18-19(26(21(25)29)16-7-5-15(22)6-8-16)23-13-24(18)12-14-3-2-4-17(11-14)27(30)31/h2-8,11,13H,9-10,12H2,1H3. The molecular weight excluding hydrogens is 421 g/mol. The summed E-state index contributed by atoms with van der Waals surface area (Å²) in [6.45, 7) is 0.260. The van der Waals surface area contributed by atoms with Crippen molar-refractivity contribution < 1.29 is 14.1 Å². The van der Waals surface area contributed by atoms with Crippen molar-refractivity contribution >= 4 is 16.9 Å². The highest BCUT2D eigenvalue weighted by Gasteiger charge is 2.19. The second-order valence-electron chi connectivity index (χ2n) is 7.02. The van der Waals surface area contributed by atoms with E-state index in [1.807, 2.05) is 0 Å². The fourth-order valence-corrected chi connectivity index (χ4v) is 3.47. The molecule has 0 bridgehead atoms. The summed E-state index contributed by atoms with van der Waals surface area (Å²) >= 11 is 0. The van der Waals surface area contributed by atoms with Gasteiger partial charge in [0.15, 0.2) is 11.2 Å². The van der Waals surface area contributed by atoms with Gasteiger partial charge >= 0.3 is 5.69 Å². The number of rotatable bonds is 7. The zero-order chi connectivity index (χ0) is 22.8. The van der Waals surface area contributed by atoms with E-state index in [0.717, 1.165) is 4.57 Å². The van der Waals surface area contributed by atoms with Crippen molar-refractivity contribution in [2.75, 3.05) is 13.7 Å². The molecule has 10 nitrogen and oxygen atoms in total. The fourth-order valence-electron chi connectivity index (χ4n) is 3.47. The van der Waals surface area contributed by atoms with E-state index < -0.39 is 22.0 Å². The molecule has 0 N–H and O–H groups in total. The fraction of sp³-hybridized carbons (Fsp3) is 0.190. The van der Waals surface area contributed by atoms with E-state index in [1.54, 1.807) is 12.1 Å². The molecule has 2 heterocycles. The quantitative estimate of drug-likeness (QED) is 0.322. The van der Waals surface area contributed by atoms with Crippen LogP contribution in [-0.2, 0) is 17.8 Å². The maximum atomic E-state index is 13.4. The van der Waals surface area contributed by atoms with Gasteiger partial charge in [0.2, 0.25) is 0 Å². The second-order valence-corrected chi connectivity index (χ2v) is 7.02. The van der Waals surface area contributed by atoms with Gasteiger partial charge in [0, 0.05) is 25.8 Å². The average Bonchev–Trinajstić information content (AvgIpc) is 3.18. The molecule has 0 spiro atoms. The summed E-state index contributed by atoms with van der Waals surface area (Å²) in [5.74, 6) is -0.470. The number of hydrogen-bond acceptors (Lipinski definition) is 6. The largest absolute Gasteiger partial charge is 0.383 e.